The number of rotatable bonds is 4. The molecule has 2 rings (SSSR count). The number of hydrogen-bond acceptors (Lipinski definition) is 3. The van der Waals surface area contributed by atoms with Crippen molar-refractivity contribution in [2.24, 2.45) is 5.92 Å². The van der Waals surface area contributed by atoms with Crippen LogP contribution in [0.2, 0.25) is 0 Å². The minimum absolute atomic E-state index is 0.0431. The summed E-state index contributed by atoms with van der Waals surface area (Å²) in [6.45, 7) is 2.34. The second kappa shape index (κ2) is 6.60. The van der Waals surface area contributed by atoms with Gasteiger partial charge in [-0.1, -0.05) is 12.1 Å². The van der Waals surface area contributed by atoms with E-state index < -0.39 is 0 Å². The lowest BCUT2D eigenvalue weighted by molar-refractivity contribution is -0.144. The topological polar surface area (TPSA) is 52.3 Å². The van der Waals surface area contributed by atoms with Gasteiger partial charge in [0.05, 0.1) is 6.61 Å². The Morgan fingerprint density at radius 1 is 1.21 bits per heavy atom. The van der Waals surface area contributed by atoms with Crippen LogP contribution in [0, 0.1) is 5.92 Å². The van der Waals surface area contributed by atoms with E-state index in [4.69, 9.17) is 10.5 Å². The third kappa shape index (κ3) is 3.98. The maximum atomic E-state index is 11.5. The van der Waals surface area contributed by atoms with Gasteiger partial charge in [0, 0.05) is 12.1 Å². The number of carbonyl (C=O) groups excluding carboxylic acids is 1. The third-order valence-corrected chi connectivity index (χ3v) is 4.02. The molecule has 1 aromatic carbocycles. The van der Waals surface area contributed by atoms with Crippen molar-refractivity contribution in [1.29, 1.82) is 0 Å². The van der Waals surface area contributed by atoms with Gasteiger partial charge in [-0.15, -0.1) is 0 Å². The summed E-state index contributed by atoms with van der Waals surface area (Å²) < 4.78 is 5.02. The maximum Gasteiger partial charge on any atom is 0.306 e. The van der Waals surface area contributed by atoms with Crippen molar-refractivity contribution in [3.05, 3.63) is 29.8 Å². The Labute approximate surface area is 115 Å². The molecule has 0 aromatic heterocycles. The van der Waals surface area contributed by atoms with Crippen LogP contribution in [0.15, 0.2) is 24.3 Å². The molecule has 0 spiro atoms. The van der Waals surface area contributed by atoms with E-state index in [2.05, 4.69) is 12.1 Å². The molecule has 0 radical (unpaired) electrons. The molecule has 1 fully saturated rings. The molecule has 3 heteroatoms. The van der Waals surface area contributed by atoms with E-state index in [0.29, 0.717) is 24.9 Å². The normalized spacial score (nSPS) is 23.0. The number of carbonyl (C=O) groups is 1. The highest BCUT2D eigenvalue weighted by atomic mass is 16.5. The van der Waals surface area contributed by atoms with Crippen LogP contribution >= 0.6 is 0 Å². The number of esters is 1. The average molecular weight is 261 g/mol. The van der Waals surface area contributed by atoms with E-state index in [1.807, 2.05) is 19.1 Å². The molecule has 1 saturated carbocycles. The molecule has 0 saturated heterocycles. The van der Waals surface area contributed by atoms with Gasteiger partial charge in [0.2, 0.25) is 0 Å². The molecule has 0 unspecified atom stereocenters. The van der Waals surface area contributed by atoms with Crippen LogP contribution in [0.25, 0.3) is 0 Å². The van der Waals surface area contributed by atoms with Gasteiger partial charge in [-0.2, -0.15) is 0 Å². The smallest absolute Gasteiger partial charge is 0.306 e. The number of ether oxygens (including phenoxy) is 1. The average Bonchev–Trinajstić information content (AvgIpc) is 2.41. The van der Waals surface area contributed by atoms with E-state index in [1.165, 1.54) is 5.56 Å². The minimum atomic E-state index is -0.0431. The van der Waals surface area contributed by atoms with Gasteiger partial charge in [-0.3, -0.25) is 4.79 Å². The minimum Gasteiger partial charge on any atom is -0.466 e. The molecule has 104 valence electrons. The van der Waals surface area contributed by atoms with Gasteiger partial charge in [-0.05, 0) is 62.1 Å². The fraction of sp³-hybridized carbons (Fsp3) is 0.562. The van der Waals surface area contributed by atoms with Crippen molar-refractivity contribution < 1.29 is 9.53 Å². The van der Waals surface area contributed by atoms with Crippen molar-refractivity contribution in [3.8, 4) is 0 Å². The number of benzene rings is 1. The highest BCUT2D eigenvalue weighted by Crippen LogP contribution is 2.37. The Morgan fingerprint density at radius 2 is 1.84 bits per heavy atom. The molecule has 0 aliphatic heterocycles. The van der Waals surface area contributed by atoms with Gasteiger partial charge in [0.15, 0.2) is 0 Å². The first-order valence-corrected chi connectivity index (χ1v) is 7.20. The fourth-order valence-corrected chi connectivity index (χ4v) is 2.92. The zero-order valence-electron chi connectivity index (χ0n) is 11.6. The molecule has 0 bridgehead atoms. The van der Waals surface area contributed by atoms with Crippen molar-refractivity contribution in [2.75, 3.05) is 12.3 Å². The van der Waals surface area contributed by atoms with E-state index in [9.17, 15) is 4.79 Å². The van der Waals surface area contributed by atoms with Gasteiger partial charge in [0.1, 0.15) is 0 Å². The summed E-state index contributed by atoms with van der Waals surface area (Å²) >= 11 is 0. The quantitative estimate of drug-likeness (QED) is 0.666. The van der Waals surface area contributed by atoms with E-state index >= 15 is 0 Å². The summed E-state index contributed by atoms with van der Waals surface area (Å²) in [6, 6.07) is 8.21. The predicted octanol–water partition coefficient (Wildman–Crippen LogP) is 3.50. The highest BCUT2D eigenvalue weighted by molar-refractivity contribution is 5.69. The summed E-state index contributed by atoms with van der Waals surface area (Å²) in [5, 5.41) is 0. The van der Waals surface area contributed by atoms with Crippen LogP contribution in [0.3, 0.4) is 0 Å². The van der Waals surface area contributed by atoms with E-state index in [1.54, 1.807) is 0 Å². The number of hydrogen-bond donors (Lipinski definition) is 1. The second-order valence-corrected chi connectivity index (χ2v) is 5.39. The molecule has 19 heavy (non-hydrogen) atoms. The molecule has 1 aliphatic rings. The summed E-state index contributed by atoms with van der Waals surface area (Å²) in [5.41, 5.74) is 7.91. The Balaban J connectivity index is 1.82. The van der Waals surface area contributed by atoms with Crippen LogP contribution in [-0.4, -0.2) is 12.6 Å². The summed E-state index contributed by atoms with van der Waals surface area (Å²) in [5.74, 6) is 1.08. The Hall–Kier alpha value is -1.51. The lowest BCUT2D eigenvalue weighted by Crippen LogP contribution is -2.17. The molecule has 3 nitrogen and oxygen atoms in total. The van der Waals surface area contributed by atoms with Crippen molar-refractivity contribution in [2.45, 2.75) is 44.9 Å². The zero-order valence-corrected chi connectivity index (χ0v) is 11.6. The number of nitrogen functional groups attached to an aromatic ring is 1. The number of nitrogens with two attached hydrogens (primary N) is 1. The standard InChI is InChI=1S/C16H23NO2/c1-2-19-16(18)11-12-3-5-13(6-4-12)14-7-9-15(17)10-8-14/h7-10,12-13H,2-6,11,17H2,1H3. The van der Waals surface area contributed by atoms with Crippen LogP contribution < -0.4 is 5.73 Å². The van der Waals surface area contributed by atoms with E-state index in [-0.39, 0.29) is 5.97 Å². The van der Waals surface area contributed by atoms with Gasteiger partial charge >= 0.3 is 5.97 Å². The lowest BCUT2D eigenvalue weighted by atomic mass is 9.77. The summed E-state index contributed by atoms with van der Waals surface area (Å²) in [4.78, 5) is 11.5. The molecule has 1 aliphatic carbocycles. The lowest BCUT2D eigenvalue weighted by Gasteiger charge is -2.28. The molecule has 0 heterocycles. The highest BCUT2D eigenvalue weighted by Gasteiger charge is 2.24. The Kier molecular flexibility index (Phi) is 4.83. The van der Waals surface area contributed by atoms with E-state index in [0.717, 1.165) is 31.4 Å². The fourth-order valence-electron chi connectivity index (χ4n) is 2.92. The third-order valence-electron chi connectivity index (χ3n) is 4.02. The van der Waals surface area contributed by atoms with Crippen LogP contribution in [-0.2, 0) is 9.53 Å². The Morgan fingerprint density at radius 3 is 2.42 bits per heavy atom. The zero-order chi connectivity index (χ0) is 13.7. The van der Waals surface area contributed by atoms with Crippen molar-refractivity contribution >= 4 is 11.7 Å². The van der Waals surface area contributed by atoms with Crippen LogP contribution in [0.1, 0.15) is 50.5 Å². The molecule has 0 amide bonds. The second-order valence-electron chi connectivity index (χ2n) is 5.39. The van der Waals surface area contributed by atoms with Crippen LogP contribution in [0.4, 0.5) is 5.69 Å². The predicted molar refractivity (Wildman–Crippen MR) is 76.8 cm³/mol. The molecular weight excluding hydrogens is 238 g/mol. The first-order valence-electron chi connectivity index (χ1n) is 7.20. The van der Waals surface area contributed by atoms with Crippen molar-refractivity contribution in [1.82, 2.24) is 0 Å². The maximum absolute atomic E-state index is 11.5. The monoisotopic (exact) mass is 261 g/mol. The van der Waals surface area contributed by atoms with Crippen molar-refractivity contribution in [3.63, 3.8) is 0 Å². The Bertz CT molecular complexity index is 405. The van der Waals surface area contributed by atoms with Gasteiger partial charge in [-0.25, -0.2) is 0 Å². The number of anilines is 1. The molecule has 1 aromatic rings. The van der Waals surface area contributed by atoms with Gasteiger partial charge < -0.3 is 10.5 Å². The van der Waals surface area contributed by atoms with Gasteiger partial charge in [0.25, 0.3) is 0 Å². The summed E-state index contributed by atoms with van der Waals surface area (Å²) in [7, 11) is 0. The molecule has 2 N–H and O–H groups in total. The van der Waals surface area contributed by atoms with Crippen LogP contribution in [0.5, 0.6) is 0 Å². The molecular formula is C16H23NO2. The summed E-state index contributed by atoms with van der Waals surface area (Å²) in [6.07, 6.45) is 5.14. The molecule has 0 atom stereocenters. The first kappa shape index (κ1) is 13.9. The largest absolute Gasteiger partial charge is 0.466 e. The first-order chi connectivity index (χ1) is 9.19. The SMILES string of the molecule is CCOC(=O)CC1CCC(c2ccc(N)cc2)CC1.